The zero-order valence-electron chi connectivity index (χ0n) is 18.5. The molecule has 1 heterocycles. The Labute approximate surface area is 197 Å². The van der Waals surface area contributed by atoms with Crippen LogP contribution in [-0.2, 0) is 14.3 Å². The number of anilines is 3. The molecule has 2 aromatic rings. The largest absolute Gasteiger partial charge is 0.391 e. The molecule has 1 aliphatic heterocycles. The van der Waals surface area contributed by atoms with Crippen molar-refractivity contribution in [3.8, 4) is 0 Å². The molecule has 0 radical (unpaired) electrons. The van der Waals surface area contributed by atoms with Gasteiger partial charge in [0.25, 0.3) is 5.91 Å². The minimum Gasteiger partial charge on any atom is -0.391 e. The van der Waals surface area contributed by atoms with Crippen LogP contribution < -0.4 is 15.5 Å². The first-order valence-electron chi connectivity index (χ1n) is 10.5. The minimum atomic E-state index is -0.831. The SMILES string of the molecule is CCOCC(=O)N(C)c1ccc(NC(=O)[C@H]2C[C@@H](O)CN2C(=O)Nc2ccc(Cl)cc2)cc1. The van der Waals surface area contributed by atoms with E-state index in [1.807, 2.05) is 6.92 Å². The summed E-state index contributed by atoms with van der Waals surface area (Å²) in [5, 5.41) is 16.1. The number of aliphatic hydroxyl groups excluding tert-OH is 1. The van der Waals surface area contributed by atoms with E-state index in [0.29, 0.717) is 28.7 Å². The third kappa shape index (κ3) is 6.44. The molecule has 0 saturated carbocycles. The number of hydrogen-bond donors (Lipinski definition) is 3. The molecule has 0 bridgehead atoms. The number of nitrogens with one attached hydrogen (secondary N) is 2. The Bertz CT molecular complexity index is 983. The van der Waals surface area contributed by atoms with Crippen molar-refractivity contribution >= 4 is 46.5 Å². The number of likely N-dealkylation sites (N-methyl/N-ethyl adjacent to an activating group) is 1. The molecule has 176 valence electrons. The van der Waals surface area contributed by atoms with Crippen LogP contribution >= 0.6 is 11.6 Å². The Morgan fingerprint density at radius 1 is 1.09 bits per heavy atom. The molecular formula is C23H27ClN4O5. The summed E-state index contributed by atoms with van der Waals surface area (Å²) >= 11 is 5.86. The number of halogens is 1. The fourth-order valence-corrected chi connectivity index (χ4v) is 3.57. The van der Waals surface area contributed by atoms with Gasteiger partial charge in [0.2, 0.25) is 5.91 Å². The van der Waals surface area contributed by atoms with Gasteiger partial charge in [0.05, 0.1) is 6.10 Å². The van der Waals surface area contributed by atoms with Gasteiger partial charge in [-0.25, -0.2) is 4.79 Å². The predicted molar refractivity (Wildman–Crippen MR) is 127 cm³/mol. The van der Waals surface area contributed by atoms with E-state index in [0.717, 1.165) is 0 Å². The molecule has 4 amide bonds. The molecule has 1 saturated heterocycles. The van der Waals surface area contributed by atoms with E-state index in [2.05, 4.69) is 10.6 Å². The van der Waals surface area contributed by atoms with Crippen molar-refractivity contribution in [3.05, 3.63) is 53.6 Å². The number of carbonyl (C=O) groups excluding carboxylic acids is 3. The Morgan fingerprint density at radius 3 is 2.33 bits per heavy atom. The molecule has 0 aromatic heterocycles. The molecule has 33 heavy (non-hydrogen) atoms. The molecule has 1 fully saturated rings. The fourth-order valence-electron chi connectivity index (χ4n) is 3.44. The summed E-state index contributed by atoms with van der Waals surface area (Å²) in [6, 6.07) is 12.0. The number of nitrogens with zero attached hydrogens (tertiary/aromatic N) is 2. The molecule has 0 spiro atoms. The highest BCUT2D eigenvalue weighted by Gasteiger charge is 2.39. The first-order valence-corrected chi connectivity index (χ1v) is 10.9. The molecule has 9 nitrogen and oxygen atoms in total. The van der Waals surface area contributed by atoms with Gasteiger partial charge in [-0.3, -0.25) is 9.59 Å². The van der Waals surface area contributed by atoms with Crippen LogP contribution in [0.5, 0.6) is 0 Å². The van der Waals surface area contributed by atoms with Gasteiger partial charge >= 0.3 is 6.03 Å². The maximum atomic E-state index is 12.9. The van der Waals surface area contributed by atoms with Crippen LogP contribution in [0.4, 0.5) is 21.9 Å². The number of benzene rings is 2. The number of carbonyl (C=O) groups is 3. The lowest BCUT2D eigenvalue weighted by atomic mass is 10.1. The first kappa shape index (κ1) is 24.5. The predicted octanol–water partition coefficient (Wildman–Crippen LogP) is 2.95. The first-order chi connectivity index (χ1) is 15.8. The van der Waals surface area contributed by atoms with E-state index < -0.39 is 24.1 Å². The van der Waals surface area contributed by atoms with Crippen LogP contribution in [0.2, 0.25) is 5.02 Å². The van der Waals surface area contributed by atoms with E-state index in [4.69, 9.17) is 16.3 Å². The van der Waals surface area contributed by atoms with Crippen molar-refractivity contribution in [1.29, 1.82) is 0 Å². The average molecular weight is 475 g/mol. The molecule has 10 heteroatoms. The van der Waals surface area contributed by atoms with Crippen molar-refractivity contribution in [2.24, 2.45) is 0 Å². The molecule has 3 rings (SSSR count). The highest BCUT2D eigenvalue weighted by Crippen LogP contribution is 2.23. The standard InChI is InChI=1S/C23H27ClN4O5/c1-3-33-14-21(30)27(2)18-10-8-16(9-11-18)25-22(31)20-12-19(29)13-28(20)23(32)26-17-6-4-15(24)5-7-17/h4-11,19-20,29H,3,12-14H2,1-2H3,(H,25,31)(H,26,32)/t19-,20-/m1/s1. The van der Waals surface area contributed by atoms with Crippen LogP contribution in [0.3, 0.4) is 0 Å². The fraction of sp³-hybridized carbons (Fsp3) is 0.348. The number of rotatable bonds is 7. The summed E-state index contributed by atoms with van der Waals surface area (Å²) in [4.78, 5) is 40.4. The van der Waals surface area contributed by atoms with E-state index in [-0.39, 0.29) is 25.5 Å². The van der Waals surface area contributed by atoms with Crippen molar-refractivity contribution in [2.75, 3.05) is 42.3 Å². The summed E-state index contributed by atoms with van der Waals surface area (Å²) in [5.41, 5.74) is 1.69. The second-order valence-corrected chi connectivity index (χ2v) is 8.06. The van der Waals surface area contributed by atoms with Crippen LogP contribution in [-0.4, -0.2) is 66.8 Å². The van der Waals surface area contributed by atoms with Crippen molar-refractivity contribution in [2.45, 2.75) is 25.5 Å². The molecule has 0 unspecified atom stereocenters. The van der Waals surface area contributed by atoms with Crippen LogP contribution in [0, 0.1) is 0 Å². The summed E-state index contributed by atoms with van der Waals surface area (Å²) in [7, 11) is 1.64. The lowest BCUT2D eigenvalue weighted by molar-refractivity contribution is -0.122. The van der Waals surface area contributed by atoms with E-state index in [1.54, 1.807) is 55.6 Å². The summed E-state index contributed by atoms with van der Waals surface area (Å²) in [6.07, 6.45) is -0.670. The zero-order valence-corrected chi connectivity index (χ0v) is 19.2. The normalized spacial score (nSPS) is 17.5. The van der Waals surface area contributed by atoms with E-state index in [9.17, 15) is 19.5 Å². The third-order valence-corrected chi connectivity index (χ3v) is 5.52. The van der Waals surface area contributed by atoms with Gasteiger partial charge in [-0.1, -0.05) is 11.6 Å². The Hall–Kier alpha value is -3.14. The molecule has 2 aromatic carbocycles. The van der Waals surface area contributed by atoms with Gasteiger partial charge in [0, 0.05) is 48.7 Å². The van der Waals surface area contributed by atoms with Gasteiger partial charge < -0.3 is 30.3 Å². The summed E-state index contributed by atoms with van der Waals surface area (Å²) < 4.78 is 5.14. The van der Waals surface area contributed by atoms with E-state index >= 15 is 0 Å². The number of amides is 4. The highest BCUT2D eigenvalue weighted by molar-refractivity contribution is 6.30. The Kier molecular flexibility index (Phi) is 8.26. The summed E-state index contributed by atoms with van der Waals surface area (Å²) in [6.45, 7) is 2.30. The van der Waals surface area contributed by atoms with Crippen LogP contribution in [0.25, 0.3) is 0 Å². The van der Waals surface area contributed by atoms with Gasteiger partial charge in [0.1, 0.15) is 12.6 Å². The van der Waals surface area contributed by atoms with Gasteiger partial charge in [-0.05, 0) is 55.5 Å². The van der Waals surface area contributed by atoms with Gasteiger partial charge in [-0.2, -0.15) is 0 Å². The minimum absolute atomic E-state index is 0.0105. The Balaban J connectivity index is 1.62. The monoisotopic (exact) mass is 474 g/mol. The van der Waals surface area contributed by atoms with Crippen LogP contribution in [0.1, 0.15) is 13.3 Å². The molecule has 3 N–H and O–H groups in total. The molecule has 0 aliphatic carbocycles. The van der Waals surface area contributed by atoms with Gasteiger partial charge in [-0.15, -0.1) is 0 Å². The van der Waals surface area contributed by atoms with E-state index in [1.165, 1.54) is 9.80 Å². The quantitative estimate of drug-likeness (QED) is 0.571. The average Bonchev–Trinajstić information content (AvgIpc) is 3.21. The lowest BCUT2D eigenvalue weighted by Crippen LogP contribution is -2.45. The lowest BCUT2D eigenvalue weighted by Gasteiger charge is -2.24. The molecular weight excluding hydrogens is 448 g/mol. The number of urea groups is 1. The maximum absolute atomic E-state index is 12.9. The number of aliphatic hydroxyl groups is 1. The molecule has 1 aliphatic rings. The number of ether oxygens (including phenoxy) is 1. The van der Waals surface area contributed by atoms with Crippen molar-refractivity contribution < 1.29 is 24.2 Å². The van der Waals surface area contributed by atoms with Crippen molar-refractivity contribution in [3.63, 3.8) is 0 Å². The number of β-amino-alcohol motifs (C(OH)–C–C–N with tert-alkyl or cyclic N) is 1. The highest BCUT2D eigenvalue weighted by atomic mass is 35.5. The van der Waals surface area contributed by atoms with Crippen molar-refractivity contribution in [1.82, 2.24) is 4.90 Å². The van der Waals surface area contributed by atoms with Crippen LogP contribution in [0.15, 0.2) is 48.5 Å². The number of hydrogen-bond acceptors (Lipinski definition) is 5. The maximum Gasteiger partial charge on any atom is 0.322 e. The smallest absolute Gasteiger partial charge is 0.322 e. The third-order valence-electron chi connectivity index (χ3n) is 5.26. The summed E-state index contributed by atoms with van der Waals surface area (Å²) in [5.74, 6) is -0.595. The topological polar surface area (TPSA) is 111 Å². The second-order valence-electron chi connectivity index (χ2n) is 7.62. The molecule has 2 atom stereocenters. The zero-order chi connectivity index (χ0) is 24.0. The second kappa shape index (κ2) is 11.1. The number of likely N-dealkylation sites (tertiary alicyclic amines) is 1. The Morgan fingerprint density at radius 2 is 1.70 bits per heavy atom. The van der Waals surface area contributed by atoms with Gasteiger partial charge in [0.15, 0.2) is 0 Å².